The molecule has 0 unspecified atom stereocenters. The van der Waals surface area contributed by atoms with E-state index in [0.29, 0.717) is 25.2 Å². The van der Waals surface area contributed by atoms with Crippen molar-refractivity contribution in [2.75, 3.05) is 5.73 Å². The topological polar surface area (TPSA) is 85.9 Å². The van der Waals surface area contributed by atoms with Gasteiger partial charge in [0.25, 0.3) is 0 Å². The molecule has 1 aromatic carbocycles. The van der Waals surface area contributed by atoms with Crippen molar-refractivity contribution in [2.45, 2.75) is 26.3 Å². The average Bonchev–Trinajstić information content (AvgIpc) is 2.43. The van der Waals surface area contributed by atoms with E-state index in [0.717, 1.165) is 16.8 Å². The number of benzene rings is 1. The fourth-order valence-corrected chi connectivity index (χ4v) is 2.03. The second-order valence-electron chi connectivity index (χ2n) is 4.76. The Labute approximate surface area is 130 Å². The van der Waals surface area contributed by atoms with Gasteiger partial charge in [-0.15, -0.1) is 0 Å². The van der Waals surface area contributed by atoms with Gasteiger partial charge in [-0.1, -0.05) is 22.9 Å². The molecule has 0 aliphatic heterocycles. The number of carbonyl (C=O) groups excluding carboxylic acids is 1. The first-order valence-electron chi connectivity index (χ1n) is 6.59. The molecule has 21 heavy (non-hydrogen) atoms. The lowest BCUT2D eigenvalue weighted by molar-refractivity contribution is -0.742. The summed E-state index contributed by atoms with van der Waals surface area (Å²) < 4.78 is 1.83. The first-order chi connectivity index (χ1) is 9.58. The SMILES string of the molecule is Cc1cc(-c2ccccc2)[n+](CCCC(N)=O)nc1N.[Cl-]. The van der Waals surface area contributed by atoms with Gasteiger partial charge in [-0.25, -0.2) is 0 Å². The number of aromatic nitrogens is 2. The fraction of sp³-hybridized carbons (Fsp3) is 0.267. The Morgan fingerprint density at radius 2 is 1.95 bits per heavy atom. The van der Waals surface area contributed by atoms with Crippen LogP contribution < -0.4 is 28.6 Å². The highest BCUT2D eigenvalue weighted by molar-refractivity contribution is 5.73. The first kappa shape index (κ1) is 16.9. The maximum Gasteiger partial charge on any atom is 0.239 e. The number of rotatable bonds is 5. The number of hydrogen-bond acceptors (Lipinski definition) is 3. The number of halogens is 1. The van der Waals surface area contributed by atoms with Crippen molar-refractivity contribution >= 4 is 11.7 Å². The van der Waals surface area contributed by atoms with Crippen molar-refractivity contribution < 1.29 is 21.9 Å². The molecule has 0 atom stereocenters. The molecular weight excluding hydrogens is 288 g/mol. The zero-order valence-electron chi connectivity index (χ0n) is 11.9. The van der Waals surface area contributed by atoms with Gasteiger partial charge in [-0.2, -0.15) is 0 Å². The molecule has 6 heteroatoms. The maximum absolute atomic E-state index is 10.8. The number of nitrogens with zero attached hydrogens (tertiary/aromatic N) is 2. The molecule has 0 aliphatic carbocycles. The van der Waals surface area contributed by atoms with E-state index in [-0.39, 0.29) is 18.3 Å². The molecule has 0 bridgehead atoms. The molecule has 0 saturated carbocycles. The summed E-state index contributed by atoms with van der Waals surface area (Å²) in [5, 5.41) is 4.39. The van der Waals surface area contributed by atoms with Crippen molar-refractivity contribution in [1.29, 1.82) is 0 Å². The Bertz CT molecular complexity index is 617. The smallest absolute Gasteiger partial charge is 0.239 e. The van der Waals surface area contributed by atoms with Crippen LogP contribution in [0.2, 0.25) is 0 Å². The van der Waals surface area contributed by atoms with E-state index < -0.39 is 0 Å². The van der Waals surface area contributed by atoms with Crippen molar-refractivity contribution in [3.05, 3.63) is 42.0 Å². The van der Waals surface area contributed by atoms with Crippen molar-refractivity contribution in [3.63, 3.8) is 0 Å². The van der Waals surface area contributed by atoms with Gasteiger partial charge >= 0.3 is 0 Å². The lowest BCUT2D eigenvalue weighted by Gasteiger charge is -2.05. The number of nitrogen functional groups attached to an aromatic ring is 1. The summed E-state index contributed by atoms with van der Waals surface area (Å²) in [6.07, 6.45) is 0.992. The minimum Gasteiger partial charge on any atom is -1.00 e. The minimum atomic E-state index is -0.299. The number of nitrogens with two attached hydrogens (primary N) is 2. The summed E-state index contributed by atoms with van der Waals surface area (Å²) in [7, 11) is 0. The highest BCUT2D eigenvalue weighted by Gasteiger charge is 2.17. The minimum absolute atomic E-state index is 0. The molecule has 4 N–H and O–H groups in total. The van der Waals surface area contributed by atoms with E-state index in [1.54, 1.807) is 0 Å². The van der Waals surface area contributed by atoms with Gasteiger partial charge in [-0.3, -0.25) is 4.79 Å². The van der Waals surface area contributed by atoms with Crippen LogP contribution in [-0.2, 0) is 11.3 Å². The van der Waals surface area contributed by atoms with Gasteiger partial charge in [0, 0.05) is 35.1 Å². The summed E-state index contributed by atoms with van der Waals surface area (Å²) in [6, 6.07) is 12.0. The molecule has 0 saturated heterocycles. The molecule has 1 heterocycles. The highest BCUT2D eigenvalue weighted by Crippen LogP contribution is 2.17. The Hall–Kier alpha value is -2.14. The second-order valence-corrected chi connectivity index (χ2v) is 4.76. The van der Waals surface area contributed by atoms with Crippen LogP contribution in [0.5, 0.6) is 0 Å². The van der Waals surface area contributed by atoms with Gasteiger partial charge in [0.05, 0.1) is 0 Å². The normalized spacial score (nSPS) is 9.95. The van der Waals surface area contributed by atoms with Crippen LogP contribution in [0.25, 0.3) is 11.3 Å². The quantitative estimate of drug-likeness (QED) is 0.639. The van der Waals surface area contributed by atoms with Gasteiger partial charge < -0.3 is 23.9 Å². The zero-order chi connectivity index (χ0) is 14.5. The predicted octanol–water partition coefficient (Wildman–Crippen LogP) is -1.80. The van der Waals surface area contributed by atoms with Crippen LogP contribution in [0.4, 0.5) is 5.82 Å². The summed E-state index contributed by atoms with van der Waals surface area (Å²) in [4.78, 5) is 10.8. The molecule has 1 amide bonds. The maximum atomic E-state index is 10.8. The van der Waals surface area contributed by atoms with Crippen molar-refractivity contribution in [3.8, 4) is 11.3 Å². The molecule has 2 rings (SSSR count). The number of aryl methyl sites for hydroxylation is 2. The predicted molar refractivity (Wildman–Crippen MR) is 77.4 cm³/mol. The van der Waals surface area contributed by atoms with Crippen LogP contribution in [0.3, 0.4) is 0 Å². The third-order valence-electron chi connectivity index (χ3n) is 3.13. The van der Waals surface area contributed by atoms with Gasteiger partial charge in [0.1, 0.15) is 0 Å². The fourth-order valence-electron chi connectivity index (χ4n) is 2.03. The number of anilines is 1. The van der Waals surface area contributed by atoms with Crippen LogP contribution >= 0.6 is 0 Å². The van der Waals surface area contributed by atoms with Crippen molar-refractivity contribution in [2.24, 2.45) is 5.73 Å². The first-order valence-corrected chi connectivity index (χ1v) is 6.59. The highest BCUT2D eigenvalue weighted by atomic mass is 35.5. The summed E-state index contributed by atoms with van der Waals surface area (Å²) in [5.41, 5.74) is 14.0. The van der Waals surface area contributed by atoms with E-state index >= 15 is 0 Å². The molecule has 5 nitrogen and oxygen atoms in total. The third kappa shape index (κ3) is 4.43. The molecule has 1 aromatic heterocycles. The van der Waals surface area contributed by atoms with Crippen molar-refractivity contribution in [1.82, 2.24) is 5.10 Å². The zero-order valence-corrected chi connectivity index (χ0v) is 12.7. The molecule has 0 spiro atoms. The number of primary amides is 1. The van der Waals surface area contributed by atoms with Crippen LogP contribution in [0.15, 0.2) is 36.4 Å². The van der Waals surface area contributed by atoms with E-state index in [4.69, 9.17) is 11.5 Å². The molecule has 112 valence electrons. The molecule has 0 radical (unpaired) electrons. The summed E-state index contributed by atoms with van der Waals surface area (Å²) >= 11 is 0. The number of hydrogen-bond donors (Lipinski definition) is 2. The molecule has 2 aromatic rings. The summed E-state index contributed by atoms with van der Waals surface area (Å²) in [6.45, 7) is 2.54. The van der Waals surface area contributed by atoms with Gasteiger partial charge in [-0.05, 0) is 19.1 Å². The Morgan fingerprint density at radius 3 is 2.57 bits per heavy atom. The Balaban J connectivity index is 0.00000220. The molecule has 0 fully saturated rings. The Morgan fingerprint density at radius 1 is 1.29 bits per heavy atom. The lowest BCUT2D eigenvalue weighted by Crippen LogP contribution is -3.00. The van der Waals surface area contributed by atoms with Gasteiger partial charge in [0.2, 0.25) is 11.6 Å². The lowest BCUT2D eigenvalue weighted by atomic mass is 10.1. The van der Waals surface area contributed by atoms with Gasteiger partial charge in [0.15, 0.2) is 12.4 Å². The van der Waals surface area contributed by atoms with E-state index in [1.807, 2.05) is 48.0 Å². The summed E-state index contributed by atoms with van der Waals surface area (Å²) in [5.74, 6) is 0.204. The average molecular weight is 307 g/mol. The van der Waals surface area contributed by atoms with E-state index in [2.05, 4.69) is 5.10 Å². The van der Waals surface area contributed by atoms with E-state index in [9.17, 15) is 4.79 Å². The number of carbonyl (C=O) groups is 1. The van der Waals surface area contributed by atoms with Crippen LogP contribution in [0, 0.1) is 6.92 Å². The Kier molecular flexibility index (Phi) is 6.11. The molecular formula is C15H19ClN4O. The third-order valence-corrected chi connectivity index (χ3v) is 3.13. The monoisotopic (exact) mass is 306 g/mol. The second kappa shape index (κ2) is 7.59. The number of amides is 1. The largest absolute Gasteiger partial charge is 1.00 e. The van der Waals surface area contributed by atoms with Crippen LogP contribution in [-0.4, -0.2) is 11.0 Å². The standard InChI is InChI=1S/C15H18N4O.ClH/c1-11-10-13(12-6-3-2-4-7-12)19(18-15(11)17)9-5-8-14(16)20;/h2-4,6-7,10H,5,8-9H2,1H3,(H3-,16,17,18,20);1H. The van der Waals surface area contributed by atoms with E-state index in [1.165, 1.54) is 0 Å². The van der Waals surface area contributed by atoms with Crippen LogP contribution in [0.1, 0.15) is 18.4 Å². The molecule has 0 aliphatic rings.